The highest BCUT2D eigenvalue weighted by atomic mass is 32.2. The first-order valence-electron chi connectivity index (χ1n) is 4.45. The SMILES string of the molecule is CS(=O)(=O)O[C@@H]1[C@H](O)[C@H](O)[C@H](CO)O[C@@H]1O. The second kappa shape index (κ2) is 4.92. The van der Waals surface area contributed by atoms with E-state index in [4.69, 9.17) is 5.11 Å². The second-order valence-corrected chi connectivity index (χ2v) is 5.09. The molecule has 0 radical (unpaired) electrons. The van der Waals surface area contributed by atoms with Crippen molar-refractivity contribution in [1.29, 1.82) is 0 Å². The van der Waals surface area contributed by atoms with Gasteiger partial charge in [-0.05, 0) is 0 Å². The Balaban J connectivity index is 2.80. The molecule has 8 nitrogen and oxygen atoms in total. The fourth-order valence-electron chi connectivity index (χ4n) is 1.38. The molecule has 16 heavy (non-hydrogen) atoms. The molecule has 0 aromatic heterocycles. The summed E-state index contributed by atoms with van der Waals surface area (Å²) in [6.45, 7) is -0.624. The average molecular weight is 258 g/mol. The van der Waals surface area contributed by atoms with Crippen LogP contribution in [0.3, 0.4) is 0 Å². The lowest BCUT2D eigenvalue weighted by Crippen LogP contribution is -2.59. The summed E-state index contributed by atoms with van der Waals surface area (Å²) >= 11 is 0. The number of hydrogen-bond acceptors (Lipinski definition) is 8. The van der Waals surface area contributed by atoms with E-state index < -0.39 is 47.4 Å². The summed E-state index contributed by atoms with van der Waals surface area (Å²) in [5.41, 5.74) is 0. The smallest absolute Gasteiger partial charge is 0.264 e. The first kappa shape index (κ1) is 13.8. The molecule has 0 amide bonds. The van der Waals surface area contributed by atoms with E-state index in [0.29, 0.717) is 0 Å². The van der Waals surface area contributed by atoms with Gasteiger partial charge < -0.3 is 25.2 Å². The lowest BCUT2D eigenvalue weighted by molar-refractivity contribution is -0.279. The maximum atomic E-state index is 10.8. The van der Waals surface area contributed by atoms with E-state index >= 15 is 0 Å². The molecule has 1 heterocycles. The van der Waals surface area contributed by atoms with Crippen molar-refractivity contribution in [3.8, 4) is 0 Å². The van der Waals surface area contributed by atoms with Crippen LogP contribution in [0.4, 0.5) is 0 Å². The van der Waals surface area contributed by atoms with Gasteiger partial charge in [-0.25, -0.2) is 0 Å². The molecule has 4 N–H and O–H groups in total. The van der Waals surface area contributed by atoms with Gasteiger partial charge in [-0.3, -0.25) is 4.18 Å². The Morgan fingerprint density at radius 2 is 1.81 bits per heavy atom. The summed E-state index contributed by atoms with van der Waals surface area (Å²) in [7, 11) is -3.91. The maximum Gasteiger partial charge on any atom is 0.264 e. The third kappa shape index (κ3) is 3.10. The summed E-state index contributed by atoms with van der Waals surface area (Å²) in [6.07, 6.45) is -7.03. The van der Waals surface area contributed by atoms with Crippen molar-refractivity contribution in [1.82, 2.24) is 0 Å². The first-order chi connectivity index (χ1) is 7.26. The van der Waals surface area contributed by atoms with Crippen LogP contribution < -0.4 is 0 Å². The Hall–Kier alpha value is -0.290. The molecule has 1 rings (SSSR count). The summed E-state index contributed by atoms with van der Waals surface area (Å²) in [5, 5.41) is 37.0. The number of aliphatic hydroxyl groups is 4. The lowest BCUT2D eigenvalue weighted by atomic mass is 9.99. The second-order valence-electron chi connectivity index (χ2n) is 3.49. The molecule has 0 spiro atoms. The van der Waals surface area contributed by atoms with Crippen molar-refractivity contribution in [2.75, 3.05) is 12.9 Å². The van der Waals surface area contributed by atoms with Gasteiger partial charge in [0.25, 0.3) is 10.1 Å². The van der Waals surface area contributed by atoms with Crippen LogP contribution in [-0.4, -0.2) is 72.4 Å². The Labute approximate surface area is 92.2 Å². The molecule has 0 saturated carbocycles. The van der Waals surface area contributed by atoms with Crippen LogP contribution in [0.2, 0.25) is 0 Å². The molecule has 1 fully saturated rings. The monoisotopic (exact) mass is 258 g/mol. The standard InChI is InChI=1S/C7H14O8S/c1-16(12,13)15-6-5(10)4(9)3(2-8)14-7(6)11/h3-11H,2H2,1H3/t3-,4+,5+,6+,7-/m0/s1. The molecule has 1 aliphatic heterocycles. The van der Waals surface area contributed by atoms with Crippen LogP contribution in [0, 0.1) is 0 Å². The third-order valence-electron chi connectivity index (χ3n) is 2.13. The Morgan fingerprint density at radius 1 is 1.25 bits per heavy atom. The fourth-order valence-corrected chi connectivity index (χ4v) is 1.99. The van der Waals surface area contributed by atoms with E-state index in [0.717, 1.165) is 6.26 Å². The fraction of sp³-hybridized carbons (Fsp3) is 1.00. The van der Waals surface area contributed by atoms with Crippen molar-refractivity contribution in [2.24, 2.45) is 0 Å². The van der Waals surface area contributed by atoms with Crippen molar-refractivity contribution in [3.63, 3.8) is 0 Å². The molecule has 1 saturated heterocycles. The number of aliphatic hydroxyl groups excluding tert-OH is 4. The summed E-state index contributed by atoms with van der Waals surface area (Å²) < 4.78 is 30.7. The average Bonchev–Trinajstić information content (AvgIpc) is 2.17. The van der Waals surface area contributed by atoms with Crippen LogP contribution in [0.25, 0.3) is 0 Å². The number of hydrogen-bond donors (Lipinski definition) is 4. The van der Waals surface area contributed by atoms with Crippen LogP contribution in [0.15, 0.2) is 0 Å². The van der Waals surface area contributed by atoms with Crippen LogP contribution in [0.1, 0.15) is 0 Å². The molecule has 0 bridgehead atoms. The van der Waals surface area contributed by atoms with Gasteiger partial charge in [-0.15, -0.1) is 0 Å². The quantitative estimate of drug-likeness (QED) is 0.388. The van der Waals surface area contributed by atoms with Crippen molar-refractivity contribution in [3.05, 3.63) is 0 Å². The zero-order chi connectivity index (χ0) is 12.5. The normalized spacial score (nSPS) is 40.9. The predicted octanol–water partition coefficient (Wildman–Crippen LogP) is -3.24. The molecule has 5 atom stereocenters. The first-order valence-corrected chi connectivity index (χ1v) is 6.26. The summed E-state index contributed by atoms with van der Waals surface area (Å²) in [4.78, 5) is 0. The van der Waals surface area contributed by atoms with E-state index in [1.54, 1.807) is 0 Å². The summed E-state index contributed by atoms with van der Waals surface area (Å²) in [5.74, 6) is 0. The highest BCUT2D eigenvalue weighted by molar-refractivity contribution is 7.86. The van der Waals surface area contributed by atoms with Gasteiger partial charge in [0.15, 0.2) is 12.4 Å². The van der Waals surface area contributed by atoms with E-state index in [2.05, 4.69) is 8.92 Å². The van der Waals surface area contributed by atoms with E-state index in [-0.39, 0.29) is 0 Å². The third-order valence-corrected chi connectivity index (χ3v) is 2.70. The van der Waals surface area contributed by atoms with Crippen molar-refractivity contribution < 1.29 is 37.8 Å². The minimum atomic E-state index is -3.91. The van der Waals surface area contributed by atoms with E-state index in [9.17, 15) is 23.7 Å². The minimum absolute atomic E-state index is 0.624. The van der Waals surface area contributed by atoms with E-state index in [1.165, 1.54) is 0 Å². The van der Waals surface area contributed by atoms with Gasteiger partial charge in [0.05, 0.1) is 12.9 Å². The Morgan fingerprint density at radius 3 is 2.25 bits per heavy atom. The molecule has 96 valence electrons. The molecular formula is C7H14O8S. The molecule has 0 unspecified atom stereocenters. The molecule has 0 aromatic carbocycles. The van der Waals surface area contributed by atoms with E-state index in [1.807, 2.05) is 0 Å². The van der Waals surface area contributed by atoms with Crippen molar-refractivity contribution >= 4 is 10.1 Å². The van der Waals surface area contributed by atoms with Gasteiger partial charge >= 0.3 is 0 Å². The molecule has 0 aliphatic carbocycles. The van der Waals surface area contributed by atoms with Crippen molar-refractivity contribution in [2.45, 2.75) is 30.7 Å². The maximum absolute atomic E-state index is 10.8. The number of ether oxygens (including phenoxy) is 1. The van der Waals surface area contributed by atoms with Crippen LogP contribution in [-0.2, 0) is 19.0 Å². The zero-order valence-corrected chi connectivity index (χ0v) is 9.24. The highest BCUT2D eigenvalue weighted by Crippen LogP contribution is 2.23. The topological polar surface area (TPSA) is 134 Å². The van der Waals surface area contributed by atoms with Gasteiger partial charge in [-0.2, -0.15) is 8.42 Å². The number of rotatable bonds is 3. The van der Waals surface area contributed by atoms with Gasteiger partial charge in [-0.1, -0.05) is 0 Å². The molecular weight excluding hydrogens is 244 g/mol. The van der Waals surface area contributed by atoms with Crippen LogP contribution >= 0.6 is 0 Å². The predicted molar refractivity (Wildman–Crippen MR) is 49.7 cm³/mol. The van der Waals surface area contributed by atoms with Gasteiger partial charge in [0, 0.05) is 0 Å². The Bertz CT molecular complexity index is 327. The van der Waals surface area contributed by atoms with Gasteiger partial charge in [0.1, 0.15) is 18.3 Å². The Kier molecular flexibility index (Phi) is 4.23. The summed E-state index contributed by atoms with van der Waals surface area (Å²) in [6, 6.07) is 0. The van der Waals surface area contributed by atoms with Gasteiger partial charge in [0.2, 0.25) is 0 Å². The molecule has 9 heteroatoms. The molecule has 1 aliphatic rings. The largest absolute Gasteiger partial charge is 0.394 e. The highest BCUT2D eigenvalue weighted by Gasteiger charge is 2.45. The van der Waals surface area contributed by atoms with Crippen LogP contribution in [0.5, 0.6) is 0 Å². The molecule has 0 aromatic rings. The minimum Gasteiger partial charge on any atom is -0.394 e. The lowest BCUT2D eigenvalue weighted by Gasteiger charge is -2.38. The zero-order valence-electron chi connectivity index (χ0n) is 8.42.